The number of nitrogens with one attached hydrogen (secondary N) is 3. The zero-order valence-corrected chi connectivity index (χ0v) is 15.4. The molecule has 0 aliphatic heterocycles. The standard InChI is InChI=1S/C17H25N5O2.ClH/c1-3-17(4-2,11-18)20-14(23)9-10-19-16(24)15-12-7-5-6-8-13(12)21-22-15;/h5-8H,3-4,9-11,18H2,1-2H3,(H,19,24)(H,20,23)(H,21,22);1H. The lowest BCUT2D eigenvalue weighted by Crippen LogP contribution is -2.53. The van der Waals surface area contributed by atoms with Gasteiger partial charge in [-0.15, -0.1) is 12.4 Å². The molecular weight excluding hydrogens is 342 g/mol. The lowest BCUT2D eigenvalue weighted by atomic mass is 9.93. The smallest absolute Gasteiger partial charge is 0.272 e. The van der Waals surface area contributed by atoms with Crippen molar-refractivity contribution in [1.82, 2.24) is 20.8 Å². The molecule has 5 N–H and O–H groups in total. The number of aromatic nitrogens is 2. The van der Waals surface area contributed by atoms with Gasteiger partial charge in [0.05, 0.1) is 11.1 Å². The molecule has 1 heterocycles. The second kappa shape index (κ2) is 9.39. The van der Waals surface area contributed by atoms with Crippen LogP contribution in [-0.2, 0) is 4.79 Å². The van der Waals surface area contributed by atoms with Crippen LogP contribution in [0.4, 0.5) is 0 Å². The van der Waals surface area contributed by atoms with E-state index in [0.29, 0.717) is 12.2 Å². The Hall–Kier alpha value is -2.12. The third-order valence-electron chi connectivity index (χ3n) is 4.47. The molecule has 0 spiro atoms. The Labute approximate surface area is 153 Å². The van der Waals surface area contributed by atoms with Gasteiger partial charge in [-0.25, -0.2) is 0 Å². The van der Waals surface area contributed by atoms with Crippen molar-refractivity contribution in [2.75, 3.05) is 13.1 Å². The van der Waals surface area contributed by atoms with Crippen molar-refractivity contribution in [3.05, 3.63) is 30.0 Å². The highest BCUT2D eigenvalue weighted by Crippen LogP contribution is 2.15. The molecule has 0 atom stereocenters. The van der Waals surface area contributed by atoms with E-state index in [4.69, 9.17) is 5.73 Å². The maximum atomic E-state index is 12.2. The van der Waals surface area contributed by atoms with Gasteiger partial charge in [-0.1, -0.05) is 32.0 Å². The van der Waals surface area contributed by atoms with Gasteiger partial charge in [-0.2, -0.15) is 5.10 Å². The molecule has 0 saturated heterocycles. The normalized spacial score (nSPS) is 11.0. The van der Waals surface area contributed by atoms with Gasteiger partial charge in [0.15, 0.2) is 5.69 Å². The summed E-state index contributed by atoms with van der Waals surface area (Å²) in [5.74, 6) is -0.410. The van der Waals surface area contributed by atoms with E-state index in [1.54, 1.807) is 0 Å². The number of para-hydroxylation sites is 1. The molecule has 0 fully saturated rings. The summed E-state index contributed by atoms with van der Waals surface area (Å²) in [7, 11) is 0. The van der Waals surface area contributed by atoms with Crippen molar-refractivity contribution in [1.29, 1.82) is 0 Å². The molecule has 25 heavy (non-hydrogen) atoms. The predicted octanol–water partition coefficient (Wildman–Crippen LogP) is 1.74. The van der Waals surface area contributed by atoms with Crippen molar-refractivity contribution in [3.8, 4) is 0 Å². The Morgan fingerprint density at radius 2 is 1.92 bits per heavy atom. The number of carbonyl (C=O) groups excluding carboxylic acids is 2. The maximum Gasteiger partial charge on any atom is 0.272 e. The van der Waals surface area contributed by atoms with Crippen LogP contribution in [0, 0.1) is 0 Å². The number of nitrogens with zero attached hydrogens (tertiary/aromatic N) is 1. The third kappa shape index (κ3) is 4.93. The number of rotatable bonds is 8. The molecule has 0 radical (unpaired) electrons. The minimum absolute atomic E-state index is 0. The average molecular weight is 368 g/mol. The minimum atomic E-state index is -0.362. The van der Waals surface area contributed by atoms with Crippen molar-refractivity contribution >= 4 is 35.1 Å². The van der Waals surface area contributed by atoms with Gasteiger partial charge >= 0.3 is 0 Å². The fourth-order valence-corrected chi connectivity index (χ4v) is 2.63. The maximum absolute atomic E-state index is 12.2. The number of amides is 2. The first kappa shape index (κ1) is 20.9. The molecule has 0 aliphatic rings. The van der Waals surface area contributed by atoms with Crippen LogP contribution in [0.15, 0.2) is 24.3 Å². The van der Waals surface area contributed by atoms with Crippen LogP contribution in [0.2, 0.25) is 0 Å². The summed E-state index contributed by atoms with van der Waals surface area (Å²) in [4.78, 5) is 24.3. The number of benzene rings is 1. The van der Waals surface area contributed by atoms with Crippen molar-refractivity contribution in [2.24, 2.45) is 5.73 Å². The summed E-state index contributed by atoms with van der Waals surface area (Å²) >= 11 is 0. The quantitative estimate of drug-likeness (QED) is 0.569. The van der Waals surface area contributed by atoms with E-state index in [1.807, 2.05) is 38.1 Å². The zero-order chi connectivity index (χ0) is 17.6. The first-order valence-corrected chi connectivity index (χ1v) is 8.27. The minimum Gasteiger partial charge on any atom is -0.350 e. The molecule has 0 unspecified atom stereocenters. The summed E-state index contributed by atoms with van der Waals surface area (Å²) in [5, 5.41) is 13.3. The van der Waals surface area contributed by atoms with Gasteiger partial charge in [0.25, 0.3) is 5.91 Å². The number of hydrogen-bond donors (Lipinski definition) is 4. The summed E-state index contributed by atoms with van der Waals surface area (Å²) < 4.78 is 0. The molecule has 2 amide bonds. The Morgan fingerprint density at radius 3 is 2.56 bits per heavy atom. The van der Waals surface area contributed by atoms with Crippen molar-refractivity contribution in [2.45, 2.75) is 38.6 Å². The lowest BCUT2D eigenvalue weighted by molar-refractivity contribution is -0.122. The fourth-order valence-electron chi connectivity index (χ4n) is 2.63. The summed E-state index contributed by atoms with van der Waals surface area (Å²) in [6.45, 7) is 4.65. The second-order valence-electron chi connectivity index (χ2n) is 5.86. The first-order chi connectivity index (χ1) is 11.5. The first-order valence-electron chi connectivity index (χ1n) is 8.27. The Kier molecular flexibility index (Phi) is 7.86. The van der Waals surface area contributed by atoms with E-state index in [2.05, 4.69) is 20.8 Å². The van der Waals surface area contributed by atoms with Crippen LogP contribution in [-0.4, -0.2) is 40.6 Å². The summed E-state index contributed by atoms with van der Waals surface area (Å²) in [5.41, 5.74) is 6.56. The van der Waals surface area contributed by atoms with Crippen LogP contribution in [0.5, 0.6) is 0 Å². The van der Waals surface area contributed by atoms with E-state index < -0.39 is 0 Å². The third-order valence-corrected chi connectivity index (χ3v) is 4.47. The van der Waals surface area contributed by atoms with Gasteiger partial charge in [0.1, 0.15) is 0 Å². The fraction of sp³-hybridized carbons (Fsp3) is 0.471. The summed E-state index contributed by atoms with van der Waals surface area (Å²) in [6.07, 6.45) is 1.75. The monoisotopic (exact) mass is 367 g/mol. The number of hydrogen-bond acceptors (Lipinski definition) is 4. The number of halogens is 1. The highest BCUT2D eigenvalue weighted by Gasteiger charge is 2.26. The zero-order valence-electron chi connectivity index (χ0n) is 14.6. The number of fused-ring (bicyclic) bond motifs is 1. The molecule has 2 aromatic rings. The van der Waals surface area contributed by atoms with Gasteiger partial charge in [0.2, 0.25) is 5.91 Å². The molecular formula is C17H26ClN5O2. The summed E-state index contributed by atoms with van der Waals surface area (Å²) in [6, 6.07) is 7.41. The van der Waals surface area contributed by atoms with E-state index >= 15 is 0 Å². The number of nitrogens with two attached hydrogens (primary N) is 1. The van der Waals surface area contributed by atoms with Crippen LogP contribution in [0.1, 0.15) is 43.6 Å². The van der Waals surface area contributed by atoms with Crippen molar-refractivity contribution < 1.29 is 9.59 Å². The Bertz CT molecular complexity index is 704. The predicted molar refractivity (Wildman–Crippen MR) is 101 cm³/mol. The molecule has 0 bridgehead atoms. The molecule has 1 aromatic carbocycles. The van der Waals surface area contributed by atoms with Gasteiger partial charge in [-0.05, 0) is 18.9 Å². The number of aromatic amines is 1. The molecule has 7 nitrogen and oxygen atoms in total. The SMILES string of the molecule is CCC(CC)(CN)NC(=O)CCNC(=O)c1n[nH]c2ccccc12.Cl. The lowest BCUT2D eigenvalue weighted by Gasteiger charge is -2.31. The molecule has 8 heteroatoms. The second-order valence-corrected chi connectivity index (χ2v) is 5.86. The molecule has 138 valence electrons. The van der Waals surface area contributed by atoms with Gasteiger partial charge < -0.3 is 16.4 Å². The van der Waals surface area contributed by atoms with E-state index in [-0.39, 0.29) is 42.7 Å². The molecule has 0 aliphatic carbocycles. The molecule has 0 saturated carbocycles. The molecule has 2 rings (SSSR count). The number of carbonyl (C=O) groups is 2. The van der Waals surface area contributed by atoms with Crippen LogP contribution in [0.3, 0.4) is 0 Å². The Morgan fingerprint density at radius 1 is 1.24 bits per heavy atom. The molecule has 1 aromatic heterocycles. The largest absolute Gasteiger partial charge is 0.350 e. The average Bonchev–Trinajstić information content (AvgIpc) is 3.04. The van der Waals surface area contributed by atoms with Crippen LogP contribution >= 0.6 is 12.4 Å². The van der Waals surface area contributed by atoms with Crippen molar-refractivity contribution in [3.63, 3.8) is 0 Å². The van der Waals surface area contributed by atoms with E-state index in [9.17, 15) is 9.59 Å². The topological polar surface area (TPSA) is 113 Å². The number of H-pyrrole nitrogens is 1. The van der Waals surface area contributed by atoms with Crippen LogP contribution < -0.4 is 16.4 Å². The van der Waals surface area contributed by atoms with Gasteiger partial charge in [-0.3, -0.25) is 14.7 Å². The Balaban J connectivity index is 0.00000312. The van der Waals surface area contributed by atoms with E-state index in [0.717, 1.165) is 23.7 Å². The highest BCUT2D eigenvalue weighted by atomic mass is 35.5. The van der Waals surface area contributed by atoms with Crippen LogP contribution in [0.25, 0.3) is 10.9 Å². The van der Waals surface area contributed by atoms with E-state index in [1.165, 1.54) is 0 Å². The highest BCUT2D eigenvalue weighted by molar-refractivity contribution is 6.04. The van der Waals surface area contributed by atoms with Gasteiger partial charge in [0, 0.05) is 24.9 Å².